The van der Waals surface area contributed by atoms with Crippen LogP contribution in [-0.2, 0) is 16.6 Å². The summed E-state index contributed by atoms with van der Waals surface area (Å²) in [5.74, 6) is 0.457. The molecule has 0 aliphatic rings. The molecule has 8 heteroatoms. The first-order chi connectivity index (χ1) is 9.84. The molecule has 0 radical (unpaired) electrons. The zero-order valence-electron chi connectivity index (χ0n) is 11.5. The minimum Gasteiger partial charge on any atom is -0.495 e. The average molecular weight is 391 g/mol. The van der Waals surface area contributed by atoms with E-state index < -0.39 is 10.0 Å². The summed E-state index contributed by atoms with van der Waals surface area (Å²) < 4.78 is 32.3. The van der Waals surface area contributed by atoms with Crippen molar-refractivity contribution in [3.63, 3.8) is 0 Å². The van der Waals surface area contributed by atoms with Gasteiger partial charge < -0.3 is 10.5 Å². The number of halogens is 1. The van der Waals surface area contributed by atoms with Crippen LogP contribution in [0.4, 0.5) is 5.69 Å². The molecule has 0 unspecified atom stereocenters. The fourth-order valence-corrected chi connectivity index (χ4v) is 4.56. The lowest BCUT2D eigenvalue weighted by Crippen LogP contribution is -2.26. The average Bonchev–Trinajstić information content (AvgIpc) is 2.83. The van der Waals surface area contributed by atoms with Crippen LogP contribution in [0.15, 0.2) is 39.0 Å². The Morgan fingerprint density at radius 2 is 2.10 bits per heavy atom. The van der Waals surface area contributed by atoms with Crippen molar-refractivity contribution < 1.29 is 13.2 Å². The van der Waals surface area contributed by atoms with Crippen molar-refractivity contribution >= 4 is 43.0 Å². The lowest BCUT2D eigenvalue weighted by Gasteiger charge is -2.17. The quantitative estimate of drug-likeness (QED) is 0.796. The fourth-order valence-electron chi connectivity index (χ4n) is 1.79. The number of sulfonamides is 1. The molecule has 0 bridgehead atoms. The third-order valence-corrected chi connectivity index (χ3v) is 6.39. The van der Waals surface area contributed by atoms with Crippen LogP contribution < -0.4 is 10.5 Å². The van der Waals surface area contributed by atoms with Gasteiger partial charge in [0.25, 0.3) is 0 Å². The van der Waals surface area contributed by atoms with E-state index in [9.17, 15) is 8.42 Å². The summed E-state index contributed by atoms with van der Waals surface area (Å²) in [6.07, 6.45) is 0. The Balaban J connectivity index is 2.26. The fraction of sp³-hybridized carbons (Fsp3) is 0.231. The van der Waals surface area contributed by atoms with Gasteiger partial charge in [-0.1, -0.05) is 0 Å². The van der Waals surface area contributed by atoms with E-state index in [-0.39, 0.29) is 4.90 Å². The van der Waals surface area contributed by atoms with Gasteiger partial charge in [-0.25, -0.2) is 8.42 Å². The van der Waals surface area contributed by atoms with Gasteiger partial charge in [-0.15, -0.1) is 11.3 Å². The topological polar surface area (TPSA) is 72.6 Å². The molecule has 0 aliphatic carbocycles. The highest BCUT2D eigenvalue weighted by molar-refractivity contribution is 9.10. The minimum atomic E-state index is -3.59. The molecule has 1 aromatic heterocycles. The molecule has 0 amide bonds. The van der Waals surface area contributed by atoms with E-state index in [0.29, 0.717) is 18.0 Å². The zero-order valence-corrected chi connectivity index (χ0v) is 14.8. The van der Waals surface area contributed by atoms with Crippen LogP contribution in [0, 0.1) is 0 Å². The summed E-state index contributed by atoms with van der Waals surface area (Å²) in [4.78, 5) is 1.10. The van der Waals surface area contributed by atoms with E-state index in [0.717, 1.165) is 9.35 Å². The Kier molecular flexibility index (Phi) is 4.92. The number of benzene rings is 1. The van der Waals surface area contributed by atoms with Crippen LogP contribution in [0.3, 0.4) is 0 Å². The standard InChI is InChI=1S/C13H15BrN2O3S2/c1-16(7-10-5-9(14)8-20-10)21(17,18)11-3-4-13(19-2)12(15)6-11/h3-6,8H,7,15H2,1-2H3. The van der Waals surface area contributed by atoms with Crippen LogP contribution in [0.1, 0.15) is 4.88 Å². The highest BCUT2D eigenvalue weighted by Gasteiger charge is 2.22. The first-order valence-corrected chi connectivity index (χ1v) is 9.08. The molecule has 2 N–H and O–H groups in total. The lowest BCUT2D eigenvalue weighted by atomic mass is 10.3. The molecule has 2 rings (SSSR count). The molecule has 114 valence electrons. The highest BCUT2D eigenvalue weighted by Crippen LogP contribution is 2.27. The van der Waals surface area contributed by atoms with E-state index in [1.54, 1.807) is 13.1 Å². The first kappa shape index (κ1) is 16.3. The molecule has 0 atom stereocenters. The van der Waals surface area contributed by atoms with Crippen LogP contribution in [-0.4, -0.2) is 26.9 Å². The van der Waals surface area contributed by atoms with Gasteiger partial charge in [-0.3, -0.25) is 0 Å². The van der Waals surface area contributed by atoms with Crippen molar-refractivity contribution in [3.8, 4) is 5.75 Å². The predicted molar refractivity (Wildman–Crippen MR) is 88.1 cm³/mol. The smallest absolute Gasteiger partial charge is 0.243 e. The molecule has 1 aromatic carbocycles. The molecule has 21 heavy (non-hydrogen) atoms. The number of hydrogen-bond acceptors (Lipinski definition) is 5. The molecular weight excluding hydrogens is 376 g/mol. The SMILES string of the molecule is COc1ccc(S(=O)(=O)N(C)Cc2cc(Br)cs2)cc1N. The zero-order chi connectivity index (χ0) is 15.6. The Morgan fingerprint density at radius 1 is 1.38 bits per heavy atom. The summed E-state index contributed by atoms with van der Waals surface area (Å²) in [5, 5.41) is 1.92. The summed E-state index contributed by atoms with van der Waals surface area (Å²) in [7, 11) is -0.554. The maximum Gasteiger partial charge on any atom is 0.243 e. The van der Waals surface area contributed by atoms with Gasteiger partial charge in [0.1, 0.15) is 5.75 Å². The minimum absolute atomic E-state index is 0.152. The number of nitrogens with two attached hydrogens (primary N) is 1. The van der Waals surface area contributed by atoms with Gasteiger partial charge in [0.05, 0.1) is 17.7 Å². The second kappa shape index (κ2) is 6.35. The number of anilines is 1. The third kappa shape index (κ3) is 3.57. The Hall–Kier alpha value is -1.09. The first-order valence-electron chi connectivity index (χ1n) is 5.97. The maximum atomic E-state index is 12.5. The number of methoxy groups -OCH3 is 1. The van der Waals surface area contributed by atoms with E-state index >= 15 is 0 Å². The van der Waals surface area contributed by atoms with Crippen molar-refractivity contribution in [1.82, 2.24) is 4.31 Å². The second-order valence-electron chi connectivity index (χ2n) is 4.40. The number of thiophene rings is 1. The Morgan fingerprint density at radius 3 is 2.62 bits per heavy atom. The van der Waals surface area contributed by atoms with Crippen molar-refractivity contribution in [2.45, 2.75) is 11.4 Å². The van der Waals surface area contributed by atoms with E-state index in [1.807, 2.05) is 11.4 Å². The van der Waals surface area contributed by atoms with Gasteiger partial charge in [0.2, 0.25) is 10.0 Å². The van der Waals surface area contributed by atoms with Crippen molar-refractivity contribution in [2.24, 2.45) is 0 Å². The largest absolute Gasteiger partial charge is 0.495 e. The number of ether oxygens (including phenoxy) is 1. The predicted octanol–water partition coefficient (Wildman–Crippen LogP) is 2.92. The number of hydrogen-bond donors (Lipinski definition) is 1. The summed E-state index contributed by atoms with van der Waals surface area (Å²) in [6, 6.07) is 6.36. The Bertz CT molecular complexity index is 744. The van der Waals surface area contributed by atoms with Crippen molar-refractivity contribution in [2.75, 3.05) is 19.9 Å². The highest BCUT2D eigenvalue weighted by atomic mass is 79.9. The number of nitrogens with zero attached hydrogens (tertiary/aromatic N) is 1. The molecule has 0 aliphatic heterocycles. The molecule has 0 saturated carbocycles. The third-order valence-electron chi connectivity index (χ3n) is 2.91. The Labute approximate surface area is 136 Å². The van der Waals surface area contributed by atoms with Crippen LogP contribution in [0.5, 0.6) is 5.75 Å². The number of nitrogen functional groups attached to an aromatic ring is 1. The normalized spacial score (nSPS) is 11.8. The van der Waals surface area contributed by atoms with Gasteiger partial charge in [0.15, 0.2) is 0 Å². The van der Waals surface area contributed by atoms with Crippen LogP contribution in [0.25, 0.3) is 0 Å². The molecular formula is C13H15BrN2O3S2. The molecule has 0 saturated heterocycles. The summed E-state index contributed by atoms with van der Waals surface area (Å²) in [5.41, 5.74) is 6.07. The maximum absolute atomic E-state index is 12.5. The van der Waals surface area contributed by atoms with Gasteiger partial charge >= 0.3 is 0 Å². The van der Waals surface area contributed by atoms with Crippen molar-refractivity contribution in [1.29, 1.82) is 0 Å². The van der Waals surface area contributed by atoms with E-state index in [4.69, 9.17) is 10.5 Å². The van der Waals surface area contributed by atoms with E-state index in [2.05, 4.69) is 15.9 Å². The van der Waals surface area contributed by atoms with Gasteiger partial charge in [0, 0.05) is 28.3 Å². The summed E-state index contributed by atoms with van der Waals surface area (Å²) >= 11 is 4.86. The van der Waals surface area contributed by atoms with Crippen LogP contribution in [0.2, 0.25) is 0 Å². The van der Waals surface area contributed by atoms with Crippen molar-refractivity contribution in [3.05, 3.63) is 39.0 Å². The summed E-state index contributed by atoms with van der Waals surface area (Å²) in [6.45, 7) is 0.310. The second-order valence-corrected chi connectivity index (χ2v) is 8.35. The van der Waals surface area contributed by atoms with E-state index in [1.165, 1.54) is 34.9 Å². The number of rotatable bonds is 5. The molecule has 0 spiro atoms. The van der Waals surface area contributed by atoms with Gasteiger partial charge in [-0.05, 0) is 40.2 Å². The lowest BCUT2D eigenvalue weighted by molar-refractivity contribution is 0.416. The van der Waals surface area contributed by atoms with Gasteiger partial charge in [-0.2, -0.15) is 4.31 Å². The van der Waals surface area contributed by atoms with Crippen LogP contribution >= 0.6 is 27.3 Å². The monoisotopic (exact) mass is 390 g/mol. The molecule has 0 fully saturated rings. The molecule has 5 nitrogen and oxygen atoms in total. The molecule has 1 heterocycles. The molecule has 2 aromatic rings.